The number of likely N-dealkylation sites (tertiary alicyclic amines) is 1. The molecule has 1 fully saturated rings. The Morgan fingerprint density at radius 3 is 2.71 bits per heavy atom. The van der Waals surface area contributed by atoms with Crippen LogP contribution in [0.25, 0.3) is 0 Å². The van der Waals surface area contributed by atoms with E-state index in [1.807, 2.05) is 10.7 Å². The summed E-state index contributed by atoms with van der Waals surface area (Å²) in [6.07, 6.45) is 5.67. The average Bonchev–Trinajstić information content (AvgIpc) is 3.32. The van der Waals surface area contributed by atoms with Gasteiger partial charge in [-0.05, 0) is 42.0 Å². The molecule has 2 aliphatic rings. The number of hydrogen-bond donors (Lipinski definition) is 0. The molecule has 3 aromatic rings. The maximum atomic E-state index is 13.3. The number of amides is 1. The Kier molecular flexibility index (Phi) is 5.80. The highest BCUT2D eigenvalue weighted by molar-refractivity contribution is 5.79. The molecule has 1 saturated heterocycles. The Hall–Kier alpha value is -2.99. The molecule has 160 valence electrons. The quantitative estimate of drug-likeness (QED) is 0.642. The summed E-state index contributed by atoms with van der Waals surface area (Å²) >= 11 is 0. The second kappa shape index (κ2) is 9.02. The summed E-state index contributed by atoms with van der Waals surface area (Å²) < 4.78 is 1.90. The predicted molar refractivity (Wildman–Crippen MR) is 119 cm³/mol. The van der Waals surface area contributed by atoms with Crippen LogP contribution in [0.2, 0.25) is 0 Å². The minimum Gasteiger partial charge on any atom is -0.336 e. The highest BCUT2D eigenvalue weighted by Gasteiger charge is 2.30. The van der Waals surface area contributed by atoms with Gasteiger partial charge in [0.25, 0.3) is 0 Å². The van der Waals surface area contributed by atoms with Gasteiger partial charge in [0.1, 0.15) is 12.7 Å². The van der Waals surface area contributed by atoms with E-state index >= 15 is 0 Å². The summed E-state index contributed by atoms with van der Waals surface area (Å²) in [5, 5.41) is 4.24. The lowest BCUT2D eigenvalue weighted by Gasteiger charge is -2.37. The Morgan fingerprint density at radius 2 is 1.87 bits per heavy atom. The standard InChI is InChI=1S/C25H29N5O/c31-25(17-28-12-6-7-20(13-28)14-30-19-26-18-27-30)29-15-22-10-4-5-11-23(22)24(16-29)21-8-2-1-3-9-21/h1-5,8-11,18-20,24H,6-7,12-17H2. The molecule has 5 rings (SSSR count). The maximum absolute atomic E-state index is 13.3. The lowest BCUT2D eigenvalue weighted by atomic mass is 9.84. The number of piperidine rings is 1. The normalized spacial score (nSPS) is 21.6. The largest absolute Gasteiger partial charge is 0.336 e. The first-order valence-electron chi connectivity index (χ1n) is 11.2. The number of hydrogen-bond acceptors (Lipinski definition) is 4. The van der Waals surface area contributed by atoms with Gasteiger partial charge in [-0.1, -0.05) is 54.6 Å². The van der Waals surface area contributed by atoms with Crippen molar-refractivity contribution in [3.63, 3.8) is 0 Å². The number of fused-ring (bicyclic) bond motifs is 1. The van der Waals surface area contributed by atoms with Crippen LogP contribution in [0.4, 0.5) is 0 Å². The molecule has 3 heterocycles. The highest BCUT2D eigenvalue weighted by atomic mass is 16.2. The highest BCUT2D eigenvalue weighted by Crippen LogP contribution is 2.33. The fourth-order valence-electron chi connectivity index (χ4n) is 5.09. The third-order valence-electron chi connectivity index (χ3n) is 6.62. The number of aromatic nitrogens is 3. The Balaban J connectivity index is 1.27. The van der Waals surface area contributed by atoms with E-state index in [0.29, 0.717) is 19.0 Å². The molecular weight excluding hydrogens is 386 g/mol. The van der Waals surface area contributed by atoms with E-state index in [-0.39, 0.29) is 11.8 Å². The van der Waals surface area contributed by atoms with Crippen LogP contribution in [0, 0.1) is 5.92 Å². The average molecular weight is 416 g/mol. The van der Waals surface area contributed by atoms with Gasteiger partial charge in [0.2, 0.25) is 5.91 Å². The molecule has 2 aliphatic heterocycles. The zero-order valence-electron chi connectivity index (χ0n) is 17.8. The second-order valence-electron chi connectivity index (χ2n) is 8.80. The van der Waals surface area contributed by atoms with Gasteiger partial charge in [0, 0.05) is 32.1 Å². The summed E-state index contributed by atoms with van der Waals surface area (Å²) in [5.74, 6) is 0.982. The molecule has 6 heteroatoms. The van der Waals surface area contributed by atoms with Crippen LogP contribution in [-0.2, 0) is 17.9 Å². The van der Waals surface area contributed by atoms with Crippen molar-refractivity contribution >= 4 is 5.91 Å². The van der Waals surface area contributed by atoms with E-state index in [2.05, 4.69) is 68.4 Å². The van der Waals surface area contributed by atoms with Crippen molar-refractivity contribution in [1.29, 1.82) is 0 Å². The third kappa shape index (κ3) is 4.54. The molecule has 2 atom stereocenters. The topological polar surface area (TPSA) is 54.3 Å². The van der Waals surface area contributed by atoms with Crippen molar-refractivity contribution in [2.45, 2.75) is 31.8 Å². The molecule has 2 aromatic carbocycles. The summed E-state index contributed by atoms with van der Waals surface area (Å²) in [4.78, 5) is 21.8. The van der Waals surface area contributed by atoms with E-state index in [1.165, 1.54) is 23.1 Å². The lowest BCUT2D eigenvalue weighted by Crippen LogP contribution is -2.47. The van der Waals surface area contributed by atoms with Gasteiger partial charge in [-0.3, -0.25) is 14.4 Å². The van der Waals surface area contributed by atoms with E-state index in [9.17, 15) is 4.79 Å². The summed E-state index contributed by atoms with van der Waals surface area (Å²) in [7, 11) is 0. The maximum Gasteiger partial charge on any atom is 0.237 e. The first-order valence-corrected chi connectivity index (χ1v) is 11.2. The van der Waals surface area contributed by atoms with Gasteiger partial charge in [-0.2, -0.15) is 5.10 Å². The summed E-state index contributed by atoms with van der Waals surface area (Å²) in [5.41, 5.74) is 3.89. The molecule has 1 amide bonds. The molecule has 0 bridgehead atoms. The van der Waals surface area contributed by atoms with Crippen LogP contribution >= 0.6 is 0 Å². The number of rotatable bonds is 5. The van der Waals surface area contributed by atoms with Crippen molar-refractivity contribution in [2.24, 2.45) is 5.92 Å². The van der Waals surface area contributed by atoms with Gasteiger partial charge >= 0.3 is 0 Å². The molecule has 31 heavy (non-hydrogen) atoms. The zero-order chi connectivity index (χ0) is 21.0. The van der Waals surface area contributed by atoms with Gasteiger partial charge in [0.15, 0.2) is 0 Å². The van der Waals surface area contributed by atoms with E-state index in [0.717, 1.165) is 32.6 Å². The van der Waals surface area contributed by atoms with E-state index in [4.69, 9.17) is 0 Å². The molecule has 2 unspecified atom stereocenters. The molecule has 1 aromatic heterocycles. The summed E-state index contributed by atoms with van der Waals surface area (Å²) in [6, 6.07) is 19.1. The molecule has 0 spiro atoms. The lowest BCUT2D eigenvalue weighted by molar-refractivity contribution is -0.134. The van der Waals surface area contributed by atoms with Crippen molar-refractivity contribution in [1.82, 2.24) is 24.6 Å². The van der Waals surface area contributed by atoms with Gasteiger partial charge in [-0.25, -0.2) is 4.98 Å². The number of benzene rings is 2. The van der Waals surface area contributed by atoms with E-state index < -0.39 is 0 Å². The van der Waals surface area contributed by atoms with Gasteiger partial charge in [-0.15, -0.1) is 0 Å². The second-order valence-corrected chi connectivity index (χ2v) is 8.80. The van der Waals surface area contributed by atoms with Crippen LogP contribution in [-0.4, -0.2) is 56.7 Å². The van der Waals surface area contributed by atoms with Crippen LogP contribution in [0.5, 0.6) is 0 Å². The molecule has 0 saturated carbocycles. The first-order chi connectivity index (χ1) is 15.3. The number of carbonyl (C=O) groups is 1. The number of carbonyl (C=O) groups excluding carboxylic acids is 1. The van der Waals surface area contributed by atoms with Crippen LogP contribution in [0.3, 0.4) is 0 Å². The van der Waals surface area contributed by atoms with Gasteiger partial charge in [0.05, 0.1) is 6.54 Å². The molecule has 0 radical (unpaired) electrons. The Labute approximate surface area is 183 Å². The van der Waals surface area contributed by atoms with Crippen LogP contribution in [0.15, 0.2) is 67.3 Å². The van der Waals surface area contributed by atoms with Crippen LogP contribution in [0.1, 0.15) is 35.4 Å². The molecule has 6 nitrogen and oxygen atoms in total. The minimum absolute atomic E-state index is 0.233. The van der Waals surface area contributed by atoms with Crippen LogP contribution < -0.4 is 0 Å². The van der Waals surface area contributed by atoms with Gasteiger partial charge < -0.3 is 4.90 Å². The third-order valence-corrected chi connectivity index (χ3v) is 6.62. The first kappa shape index (κ1) is 19.9. The number of nitrogens with zero attached hydrogens (tertiary/aromatic N) is 5. The molecule has 0 N–H and O–H groups in total. The van der Waals surface area contributed by atoms with Crippen molar-refractivity contribution in [3.05, 3.63) is 83.9 Å². The predicted octanol–water partition coefficient (Wildman–Crippen LogP) is 3.16. The fourth-order valence-corrected chi connectivity index (χ4v) is 5.09. The summed E-state index contributed by atoms with van der Waals surface area (Å²) in [6.45, 7) is 4.75. The Bertz CT molecular complexity index is 1000. The fraction of sp³-hybridized carbons (Fsp3) is 0.400. The SMILES string of the molecule is O=C(CN1CCCC(Cn2cncn2)C1)N1Cc2ccccc2C(c2ccccc2)C1. The smallest absolute Gasteiger partial charge is 0.237 e. The minimum atomic E-state index is 0.233. The Morgan fingerprint density at radius 1 is 1.03 bits per heavy atom. The molecule has 0 aliphatic carbocycles. The monoisotopic (exact) mass is 415 g/mol. The van der Waals surface area contributed by atoms with Crippen molar-refractivity contribution in [3.8, 4) is 0 Å². The molecular formula is C25H29N5O. The van der Waals surface area contributed by atoms with Crippen molar-refractivity contribution < 1.29 is 4.79 Å². The zero-order valence-corrected chi connectivity index (χ0v) is 17.8. The van der Waals surface area contributed by atoms with E-state index in [1.54, 1.807) is 12.7 Å². The van der Waals surface area contributed by atoms with Crippen molar-refractivity contribution in [2.75, 3.05) is 26.2 Å².